The molecule has 0 saturated carbocycles. The minimum atomic E-state index is 0.295. The third-order valence-corrected chi connectivity index (χ3v) is 1.80. The monoisotopic (exact) mass is 163 g/mol. The maximum absolute atomic E-state index is 5.49. The molecule has 5 heteroatoms. The smallest absolute Gasteiger partial charge is 0.222 e. The fourth-order valence-corrected chi connectivity index (χ4v) is 1.18. The van der Waals surface area contributed by atoms with Crippen molar-refractivity contribution < 1.29 is 0 Å². The van der Waals surface area contributed by atoms with Crippen LogP contribution < -0.4 is 5.73 Å². The molecule has 0 atom stereocenters. The van der Waals surface area contributed by atoms with Crippen LogP contribution in [0.15, 0.2) is 6.20 Å². The lowest BCUT2D eigenvalue weighted by Gasteiger charge is -1.97. The SMILES string of the molecule is Cc1nc(N)nc2c1cnn2C. The number of rotatable bonds is 0. The number of nitrogens with zero attached hydrogens (tertiary/aromatic N) is 4. The predicted molar refractivity (Wildman–Crippen MR) is 45.5 cm³/mol. The number of nitrogens with two attached hydrogens (primary N) is 1. The van der Waals surface area contributed by atoms with Crippen LogP contribution >= 0.6 is 0 Å². The molecule has 0 spiro atoms. The van der Waals surface area contributed by atoms with Gasteiger partial charge in [0.15, 0.2) is 5.65 Å². The van der Waals surface area contributed by atoms with Gasteiger partial charge in [-0.1, -0.05) is 0 Å². The molecule has 0 aromatic carbocycles. The van der Waals surface area contributed by atoms with Crippen LogP contribution in [0.5, 0.6) is 0 Å². The molecule has 0 aliphatic heterocycles. The number of anilines is 1. The van der Waals surface area contributed by atoms with Crippen LogP contribution in [-0.2, 0) is 7.05 Å². The molecule has 2 heterocycles. The van der Waals surface area contributed by atoms with E-state index in [4.69, 9.17) is 5.73 Å². The highest BCUT2D eigenvalue weighted by atomic mass is 15.3. The largest absolute Gasteiger partial charge is 0.368 e. The third kappa shape index (κ3) is 0.827. The van der Waals surface area contributed by atoms with Crippen molar-refractivity contribution in [1.29, 1.82) is 0 Å². The third-order valence-electron chi connectivity index (χ3n) is 1.80. The van der Waals surface area contributed by atoms with Crippen LogP contribution in [0.2, 0.25) is 0 Å². The second-order valence-electron chi connectivity index (χ2n) is 2.67. The number of aryl methyl sites for hydroxylation is 2. The number of hydrogen-bond acceptors (Lipinski definition) is 4. The van der Waals surface area contributed by atoms with Crippen molar-refractivity contribution in [3.8, 4) is 0 Å². The molecular formula is C7H9N5. The normalized spacial score (nSPS) is 10.8. The van der Waals surface area contributed by atoms with Crippen molar-refractivity contribution in [3.63, 3.8) is 0 Å². The van der Waals surface area contributed by atoms with E-state index in [2.05, 4.69) is 15.1 Å². The summed E-state index contributed by atoms with van der Waals surface area (Å²) in [5.41, 5.74) is 7.13. The maximum atomic E-state index is 5.49. The quantitative estimate of drug-likeness (QED) is 0.604. The van der Waals surface area contributed by atoms with Gasteiger partial charge in [0.25, 0.3) is 0 Å². The van der Waals surface area contributed by atoms with Crippen LogP contribution in [0.3, 0.4) is 0 Å². The first-order valence-electron chi connectivity index (χ1n) is 3.60. The van der Waals surface area contributed by atoms with Gasteiger partial charge in [-0.05, 0) is 6.92 Å². The van der Waals surface area contributed by atoms with E-state index in [0.717, 1.165) is 16.7 Å². The second-order valence-corrected chi connectivity index (χ2v) is 2.67. The summed E-state index contributed by atoms with van der Waals surface area (Å²) >= 11 is 0. The summed E-state index contributed by atoms with van der Waals surface area (Å²) in [5, 5.41) is 5.01. The first-order chi connectivity index (χ1) is 5.68. The van der Waals surface area contributed by atoms with E-state index >= 15 is 0 Å². The van der Waals surface area contributed by atoms with Gasteiger partial charge in [-0.25, -0.2) is 4.98 Å². The van der Waals surface area contributed by atoms with Gasteiger partial charge in [0.2, 0.25) is 5.95 Å². The zero-order valence-electron chi connectivity index (χ0n) is 6.94. The molecule has 2 aromatic rings. The van der Waals surface area contributed by atoms with E-state index in [-0.39, 0.29) is 0 Å². The molecule has 62 valence electrons. The Morgan fingerprint density at radius 3 is 2.92 bits per heavy atom. The molecule has 0 bridgehead atoms. The van der Waals surface area contributed by atoms with Crippen LogP contribution in [0.4, 0.5) is 5.95 Å². The number of aromatic nitrogens is 4. The topological polar surface area (TPSA) is 69.6 Å². The number of hydrogen-bond donors (Lipinski definition) is 1. The Hall–Kier alpha value is -1.65. The summed E-state index contributed by atoms with van der Waals surface area (Å²) in [6.45, 7) is 1.89. The number of nitrogen functional groups attached to an aromatic ring is 1. The summed E-state index contributed by atoms with van der Waals surface area (Å²) in [6.07, 6.45) is 1.74. The molecule has 2 rings (SSSR count). The lowest BCUT2D eigenvalue weighted by molar-refractivity contribution is 0.786. The Morgan fingerprint density at radius 1 is 1.42 bits per heavy atom. The van der Waals surface area contributed by atoms with Crippen LogP contribution in [0.25, 0.3) is 11.0 Å². The van der Waals surface area contributed by atoms with Gasteiger partial charge >= 0.3 is 0 Å². The molecule has 0 radical (unpaired) electrons. The van der Waals surface area contributed by atoms with Gasteiger partial charge in [-0.15, -0.1) is 0 Å². The standard InChI is InChI=1S/C7H9N5/c1-4-5-3-9-12(2)6(5)11-7(8)10-4/h3H,1-2H3,(H2,8,10,11). The van der Waals surface area contributed by atoms with Gasteiger partial charge < -0.3 is 5.73 Å². The molecule has 0 unspecified atom stereocenters. The minimum Gasteiger partial charge on any atom is -0.368 e. The van der Waals surface area contributed by atoms with Gasteiger partial charge in [-0.3, -0.25) is 4.68 Å². The van der Waals surface area contributed by atoms with E-state index < -0.39 is 0 Å². The second kappa shape index (κ2) is 2.17. The van der Waals surface area contributed by atoms with Crippen LogP contribution in [0, 0.1) is 6.92 Å². The summed E-state index contributed by atoms with van der Waals surface area (Å²) in [7, 11) is 1.83. The maximum Gasteiger partial charge on any atom is 0.222 e. The Kier molecular flexibility index (Phi) is 1.27. The van der Waals surface area contributed by atoms with E-state index in [1.54, 1.807) is 10.9 Å². The van der Waals surface area contributed by atoms with Crippen molar-refractivity contribution in [1.82, 2.24) is 19.7 Å². The molecule has 0 amide bonds. The molecule has 5 nitrogen and oxygen atoms in total. The van der Waals surface area contributed by atoms with Gasteiger partial charge in [0, 0.05) is 7.05 Å². The summed E-state index contributed by atoms with van der Waals surface area (Å²) in [6, 6.07) is 0. The van der Waals surface area contributed by atoms with Crippen LogP contribution in [0.1, 0.15) is 5.69 Å². The molecule has 2 aromatic heterocycles. The zero-order valence-corrected chi connectivity index (χ0v) is 6.94. The van der Waals surface area contributed by atoms with Gasteiger partial charge in [0.1, 0.15) is 0 Å². The summed E-state index contributed by atoms with van der Waals surface area (Å²) in [4.78, 5) is 8.09. The average molecular weight is 163 g/mol. The van der Waals surface area contributed by atoms with Gasteiger partial charge in [-0.2, -0.15) is 10.1 Å². The van der Waals surface area contributed by atoms with Crippen LogP contribution in [-0.4, -0.2) is 19.7 Å². The average Bonchev–Trinajstić information content (AvgIpc) is 2.33. The van der Waals surface area contributed by atoms with E-state index in [0.29, 0.717) is 5.95 Å². The lowest BCUT2D eigenvalue weighted by Crippen LogP contribution is -1.99. The first kappa shape index (κ1) is 7.02. The molecule has 0 fully saturated rings. The predicted octanol–water partition coefficient (Wildman–Crippen LogP) is 0.254. The highest BCUT2D eigenvalue weighted by molar-refractivity contribution is 5.77. The molecular weight excluding hydrogens is 154 g/mol. The Balaban J connectivity index is 2.92. The molecule has 2 N–H and O–H groups in total. The minimum absolute atomic E-state index is 0.295. The fraction of sp³-hybridized carbons (Fsp3) is 0.286. The van der Waals surface area contributed by atoms with Crippen molar-refractivity contribution in [2.24, 2.45) is 7.05 Å². The molecule has 0 saturated heterocycles. The summed E-state index contributed by atoms with van der Waals surface area (Å²) in [5.74, 6) is 0.295. The van der Waals surface area contributed by atoms with Crippen molar-refractivity contribution >= 4 is 17.0 Å². The van der Waals surface area contributed by atoms with Gasteiger partial charge in [0.05, 0.1) is 17.3 Å². The molecule has 12 heavy (non-hydrogen) atoms. The molecule has 0 aliphatic carbocycles. The first-order valence-corrected chi connectivity index (χ1v) is 3.60. The molecule has 0 aliphatic rings. The Labute approximate surface area is 69.2 Å². The van der Waals surface area contributed by atoms with Crippen molar-refractivity contribution in [2.75, 3.05) is 5.73 Å². The van der Waals surface area contributed by atoms with Crippen molar-refractivity contribution in [3.05, 3.63) is 11.9 Å². The number of fused-ring (bicyclic) bond motifs is 1. The fourth-order valence-electron chi connectivity index (χ4n) is 1.18. The van der Waals surface area contributed by atoms with E-state index in [1.165, 1.54) is 0 Å². The highest BCUT2D eigenvalue weighted by Crippen LogP contribution is 2.13. The van der Waals surface area contributed by atoms with E-state index in [1.807, 2.05) is 14.0 Å². The van der Waals surface area contributed by atoms with Crippen molar-refractivity contribution in [2.45, 2.75) is 6.92 Å². The van der Waals surface area contributed by atoms with E-state index in [9.17, 15) is 0 Å². The zero-order chi connectivity index (χ0) is 8.72. The Bertz CT molecular complexity index is 431. The Morgan fingerprint density at radius 2 is 2.17 bits per heavy atom. The lowest BCUT2D eigenvalue weighted by atomic mass is 10.3. The summed E-state index contributed by atoms with van der Waals surface area (Å²) < 4.78 is 1.68. The highest BCUT2D eigenvalue weighted by Gasteiger charge is 2.05.